The molecule has 0 spiro atoms. The van der Waals surface area contributed by atoms with Gasteiger partial charge in [0.2, 0.25) is 0 Å². The Balaban J connectivity index is 2.70. The number of carboxylic acids is 1. The van der Waals surface area contributed by atoms with E-state index < -0.39 is 29.8 Å². The zero-order chi connectivity index (χ0) is 20.1. The Morgan fingerprint density at radius 1 is 1.00 bits per heavy atom. The number of ether oxygens (including phenoxy) is 2. The molecule has 0 bridgehead atoms. The number of ketones is 1. The minimum atomic E-state index is -1.10. The second-order valence-corrected chi connectivity index (χ2v) is 6.91. The molecule has 0 saturated heterocycles. The summed E-state index contributed by atoms with van der Waals surface area (Å²) in [6.45, 7) is 1.82. The summed E-state index contributed by atoms with van der Waals surface area (Å²) in [6.07, 6.45) is 8.45. The number of cyclic esters (lactones) is 1. The van der Waals surface area contributed by atoms with Gasteiger partial charge in [-0.1, -0.05) is 32.1 Å². The van der Waals surface area contributed by atoms with Crippen molar-refractivity contribution in [3.05, 3.63) is 12.2 Å². The molecule has 1 N–H and O–H groups in total. The Morgan fingerprint density at radius 3 is 2.22 bits per heavy atom. The summed E-state index contributed by atoms with van der Waals surface area (Å²) in [5.41, 5.74) is 0. The summed E-state index contributed by atoms with van der Waals surface area (Å²) >= 11 is 0. The highest BCUT2D eigenvalue weighted by Gasteiger charge is 2.21. The van der Waals surface area contributed by atoms with Crippen molar-refractivity contribution >= 4 is 23.7 Å². The van der Waals surface area contributed by atoms with E-state index in [1.165, 1.54) is 0 Å². The molecule has 0 aromatic rings. The van der Waals surface area contributed by atoms with Gasteiger partial charge in [-0.3, -0.25) is 14.4 Å². The number of carbonyl (C=O) groups excluding carboxylic acids is 3. The van der Waals surface area contributed by atoms with Crippen LogP contribution in [0.4, 0.5) is 0 Å². The summed E-state index contributed by atoms with van der Waals surface area (Å²) in [7, 11) is 0. The van der Waals surface area contributed by atoms with E-state index in [9.17, 15) is 19.2 Å². The van der Waals surface area contributed by atoms with Crippen LogP contribution >= 0.6 is 0 Å². The largest absolute Gasteiger partial charge is 0.481 e. The summed E-state index contributed by atoms with van der Waals surface area (Å²) in [6, 6.07) is 0. The molecular weight excluding hydrogens is 352 g/mol. The van der Waals surface area contributed by atoms with Crippen LogP contribution in [0.2, 0.25) is 0 Å². The fraction of sp³-hybridized carbons (Fsp3) is 0.700. The number of aliphatic carboxylic acids is 1. The lowest BCUT2D eigenvalue weighted by Gasteiger charge is -2.16. The van der Waals surface area contributed by atoms with Crippen LogP contribution in [0.1, 0.15) is 77.6 Å². The lowest BCUT2D eigenvalue weighted by atomic mass is 10.0. The molecule has 1 aliphatic rings. The van der Waals surface area contributed by atoms with E-state index in [1.54, 1.807) is 0 Å². The number of carbonyl (C=O) groups is 4. The standard InChI is InChI=1S/C20H30O7/c1-15-9-7-5-3-2-4-6-8-10-17(16(21)11-13-19(24)26-15)27-20(25)14-12-18(22)23/h11,13,15,17H,2-10,12,14H2,1H3,(H,22,23)/t15-,17?/m1/s1. The van der Waals surface area contributed by atoms with Crippen molar-refractivity contribution in [1.29, 1.82) is 0 Å². The van der Waals surface area contributed by atoms with Gasteiger partial charge in [0.15, 0.2) is 11.9 Å². The van der Waals surface area contributed by atoms with Crippen molar-refractivity contribution in [2.45, 2.75) is 89.8 Å². The molecule has 1 aliphatic heterocycles. The molecule has 1 heterocycles. The van der Waals surface area contributed by atoms with E-state index in [1.807, 2.05) is 6.92 Å². The van der Waals surface area contributed by atoms with Crippen LogP contribution in [-0.4, -0.2) is 41.0 Å². The zero-order valence-corrected chi connectivity index (χ0v) is 16.0. The third-order valence-corrected chi connectivity index (χ3v) is 4.41. The van der Waals surface area contributed by atoms with E-state index in [0.29, 0.717) is 6.42 Å². The van der Waals surface area contributed by atoms with Crippen molar-refractivity contribution < 1.29 is 33.8 Å². The Hall–Kier alpha value is -2.18. The van der Waals surface area contributed by atoms with Gasteiger partial charge in [-0.2, -0.15) is 0 Å². The summed E-state index contributed by atoms with van der Waals surface area (Å²) in [5, 5.41) is 8.63. The normalized spacial score (nSPS) is 23.4. The third kappa shape index (κ3) is 11.2. The molecule has 1 unspecified atom stereocenters. The van der Waals surface area contributed by atoms with E-state index >= 15 is 0 Å². The van der Waals surface area contributed by atoms with Gasteiger partial charge in [0.1, 0.15) is 0 Å². The molecule has 7 heteroatoms. The number of rotatable bonds is 4. The second-order valence-electron chi connectivity index (χ2n) is 6.91. The first-order valence-corrected chi connectivity index (χ1v) is 9.72. The second kappa shape index (κ2) is 13.1. The third-order valence-electron chi connectivity index (χ3n) is 4.41. The molecule has 0 aliphatic carbocycles. The average Bonchev–Trinajstić information content (AvgIpc) is 2.61. The number of hydrogen-bond donors (Lipinski definition) is 1. The van der Waals surface area contributed by atoms with Crippen LogP contribution in [0.25, 0.3) is 0 Å². The van der Waals surface area contributed by atoms with Gasteiger partial charge in [-0.15, -0.1) is 0 Å². The predicted octanol–water partition coefficient (Wildman–Crippen LogP) is 3.34. The van der Waals surface area contributed by atoms with Crippen LogP contribution in [0.5, 0.6) is 0 Å². The van der Waals surface area contributed by atoms with Crippen molar-refractivity contribution in [2.24, 2.45) is 0 Å². The summed E-state index contributed by atoms with van der Waals surface area (Å²) < 4.78 is 10.4. The molecule has 1 rings (SSSR count). The monoisotopic (exact) mass is 382 g/mol. The van der Waals surface area contributed by atoms with Crippen molar-refractivity contribution in [3.8, 4) is 0 Å². The maximum Gasteiger partial charge on any atom is 0.331 e. The molecule has 0 amide bonds. The van der Waals surface area contributed by atoms with E-state index in [0.717, 1.165) is 63.5 Å². The number of esters is 2. The first kappa shape index (κ1) is 22.9. The Labute approximate surface area is 160 Å². The molecule has 0 fully saturated rings. The maximum atomic E-state index is 12.3. The SMILES string of the molecule is C[C@@H]1CCCCCCCCCC(OC(=O)CCC(=O)O)C(=O)C=CC(=O)O1. The van der Waals surface area contributed by atoms with Crippen molar-refractivity contribution in [1.82, 2.24) is 0 Å². The lowest BCUT2D eigenvalue weighted by Crippen LogP contribution is -2.26. The minimum absolute atomic E-state index is 0.213. The molecule has 0 radical (unpaired) electrons. The van der Waals surface area contributed by atoms with Gasteiger partial charge in [0.05, 0.1) is 18.9 Å². The molecule has 2 atom stereocenters. The molecule has 7 nitrogen and oxygen atoms in total. The van der Waals surface area contributed by atoms with Crippen LogP contribution in [-0.2, 0) is 28.7 Å². The van der Waals surface area contributed by atoms with Gasteiger partial charge in [-0.25, -0.2) is 4.79 Å². The highest BCUT2D eigenvalue weighted by Crippen LogP contribution is 2.15. The van der Waals surface area contributed by atoms with Crippen LogP contribution in [0, 0.1) is 0 Å². The van der Waals surface area contributed by atoms with Gasteiger partial charge >= 0.3 is 17.9 Å². The Kier molecular flexibility index (Phi) is 11.1. The van der Waals surface area contributed by atoms with Gasteiger partial charge < -0.3 is 14.6 Å². The summed E-state index contributed by atoms with van der Waals surface area (Å²) in [4.78, 5) is 46.5. The molecule has 152 valence electrons. The fourth-order valence-corrected chi connectivity index (χ4v) is 2.89. The Morgan fingerprint density at radius 2 is 1.59 bits per heavy atom. The molecule has 0 saturated carbocycles. The van der Waals surface area contributed by atoms with Crippen molar-refractivity contribution in [2.75, 3.05) is 0 Å². The maximum absolute atomic E-state index is 12.3. The first-order chi connectivity index (χ1) is 12.9. The average molecular weight is 382 g/mol. The zero-order valence-electron chi connectivity index (χ0n) is 16.0. The van der Waals surface area contributed by atoms with Crippen LogP contribution < -0.4 is 0 Å². The first-order valence-electron chi connectivity index (χ1n) is 9.72. The fourth-order valence-electron chi connectivity index (χ4n) is 2.89. The van der Waals surface area contributed by atoms with Gasteiger partial charge in [0, 0.05) is 6.08 Å². The smallest absolute Gasteiger partial charge is 0.331 e. The summed E-state index contributed by atoms with van der Waals surface area (Å²) in [5.74, 6) is -2.92. The highest BCUT2D eigenvalue weighted by atomic mass is 16.5. The molecular formula is C20H30O7. The highest BCUT2D eigenvalue weighted by molar-refractivity contribution is 5.99. The number of hydrogen-bond acceptors (Lipinski definition) is 6. The molecule has 0 aromatic carbocycles. The van der Waals surface area contributed by atoms with Crippen LogP contribution in [0.3, 0.4) is 0 Å². The molecule has 27 heavy (non-hydrogen) atoms. The minimum Gasteiger partial charge on any atom is -0.481 e. The van der Waals surface area contributed by atoms with Gasteiger partial charge in [0.25, 0.3) is 0 Å². The van der Waals surface area contributed by atoms with Crippen molar-refractivity contribution in [3.63, 3.8) is 0 Å². The Bertz CT molecular complexity index is 538. The van der Waals surface area contributed by atoms with Crippen LogP contribution in [0.15, 0.2) is 12.2 Å². The topological polar surface area (TPSA) is 107 Å². The van der Waals surface area contributed by atoms with E-state index in [4.69, 9.17) is 14.6 Å². The van der Waals surface area contributed by atoms with E-state index in [2.05, 4.69) is 0 Å². The van der Waals surface area contributed by atoms with Gasteiger partial charge in [-0.05, 0) is 38.7 Å². The predicted molar refractivity (Wildman–Crippen MR) is 98.0 cm³/mol. The lowest BCUT2D eigenvalue weighted by molar-refractivity contribution is -0.155. The molecule has 0 aromatic heterocycles. The van der Waals surface area contributed by atoms with E-state index in [-0.39, 0.29) is 18.9 Å². The number of carboxylic acid groups (broad SMARTS) is 1. The quantitative estimate of drug-likeness (QED) is 0.743.